The number of hydrogen-bond acceptors (Lipinski definition) is 5. The molecule has 0 radical (unpaired) electrons. The predicted octanol–water partition coefficient (Wildman–Crippen LogP) is 4.89. The Balaban J connectivity index is 1.45. The molecule has 0 fully saturated rings. The van der Waals surface area contributed by atoms with E-state index in [0.29, 0.717) is 16.6 Å². The van der Waals surface area contributed by atoms with Crippen LogP contribution in [0.4, 0.5) is 24.4 Å². The van der Waals surface area contributed by atoms with E-state index >= 15 is 0 Å². The molecule has 0 bridgehead atoms. The fourth-order valence-corrected chi connectivity index (χ4v) is 3.77. The van der Waals surface area contributed by atoms with E-state index in [2.05, 4.69) is 20.8 Å². The van der Waals surface area contributed by atoms with Crippen molar-refractivity contribution in [3.8, 4) is 0 Å². The average molecular weight is 392 g/mol. The third kappa shape index (κ3) is 5.50. The number of nitrogens with one attached hydrogen (secondary N) is 2. The lowest BCUT2D eigenvalue weighted by Crippen LogP contribution is -2.19. The van der Waals surface area contributed by atoms with Crippen molar-refractivity contribution in [3.63, 3.8) is 0 Å². The van der Waals surface area contributed by atoms with Gasteiger partial charge in [0.15, 0.2) is 0 Å². The van der Waals surface area contributed by atoms with E-state index in [1.807, 2.05) is 0 Å². The summed E-state index contributed by atoms with van der Waals surface area (Å²) >= 11 is 2.90. The maximum Gasteiger partial charge on any atom is 0.325 e. The summed E-state index contributed by atoms with van der Waals surface area (Å²) < 4.78 is 25.7. The van der Waals surface area contributed by atoms with Gasteiger partial charge in [0, 0.05) is 17.2 Å². The highest BCUT2D eigenvalue weighted by Crippen LogP contribution is 2.23. The predicted molar refractivity (Wildman–Crippen MR) is 100 cm³/mol. The normalized spacial score (nSPS) is 10.5. The molecular weight excluding hydrogens is 378 g/mol. The van der Waals surface area contributed by atoms with Gasteiger partial charge in [0.05, 0.1) is 0 Å². The van der Waals surface area contributed by atoms with Crippen LogP contribution in [-0.4, -0.2) is 16.2 Å². The summed E-state index contributed by atoms with van der Waals surface area (Å²) in [5.74, 6) is 0.740. The topological polar surface area (TPSA) is 66.9 Å². The van der Waals surface area contributed by atoms with Crippen molar-refractivity contribution in [3.05, 3.63) is 70.7 Å². The van der Waals surface area contributed by atoms with Crippen LogP contribution in [-0.2, 0) is 11.5 Å². The van der Waals surface area contributed by atoms with Crippen molar-refractivity contribution in [1.82, 2.24) is 10.2 Å². The van der Waals surface area contributed by atoms with Crippen LogP contribution in [0.2, 0.25) is 0 Å². The van der Waals surface area contributed by atoms with Gasteiger partial charge in [0.1, 0.15) is 16.6 Å². The number of thioether (sulfide) groups is 1. The van der Waals surface area contributed by atoms with Crippen LogP contribution in [0.15, 0.2) is 48.5 Å². The minimum atomic E-state index is -0.474. The molecule has 0 aliphatic heterocycles. The Morgan fingerprint density at radius 2 is 1.58 bits per heavy atom. The van der Waals surface area contributed by atoms with Gasteiger partial charge in [-0.05, 0) is 42.0 Å². The molecule has 0 aliphatic carbocycles. The summed E-state index contributed by atoms with van der Waals surface area (Å²) in [5, 5.41) is 14.3. The summed E-state index contributed by atoms with van der Waals surface area (Å²) in [4.78, 5) is 11.9. The van der Waals surface area contributed by atoms with Crippen LogP contribution in [0.1, 0.15) is 10.6 Å². The van der Waals surface area contributed by atoms with Crippen molar-refractivity contribution in [2.24, 2.45) is 0 Å². The number of halogens is 2. The number of aromatic nitrogens is 2. The Kier molecular flexibility index (Phi) is 6.13. The number of carbonyl (C=O) groups is 1. The van der Waals surface area contributed by atoms with Crippen LogP contribution >= 0.6 is 23.1 Å². The number of amides is 2. The van der Waals surface area contributed by atoms with Crippen LogP contribution in [0.5, 0.6) is 0 Å². The molecule has 0 aliphatic rings. The minimum Gasteiger partial charge on any atom is -0.308 e. The molecule has 2 amide bonds. The minimum absolute atomic E-state index is 0.252. The largest absolute Gasteiger partial charge is 0.325 e. The van der Waals surface area contributed by atoms with Gasteiger partial charge < -0.3 is 5.32 Å². The van der Waals surface area contributed by atoms with Crippen LogP contribution in [0, 0.1) is 11.6 Å². The third-order valence-corrected chi connectivity index (χ3v) is 5.23. The van der Waals surface area contributed by atoms with Crippen molar-refractivity contribution < 1.29 is 13.6 Å². The van der Waals surface area contributed by atoms with E-state index in [1.54, 1.807) is 23.9 Å². The Bertz CT molecular complexity index is 869. The first-order valence-electron chi connectivity index (χ1n) is 7.56. The second-order valence-corrected chi connectivity index (χ2v) is 7.25. The fourth-order valence-electron chi connectivity index (χ4n) is 1.99. The molecule has 9 heteroatoms. The van der Waals surface area contributed by atoms with Crippen LogP contribution in [0.3, 0.4) is 0 Å². The van der Waals surface area contributed by atoms with Gasteiger partial charge >= 0.3 is 6.03 Å². The van der Waals surface area contributed by atoms with Crippen molar-refractivity contribution in [2.75, 3.05) is 10.6 Å². The Labute approximate surface area is 156 Å². The Hall–Kier alpha value is -2.52. The van der Waals surface area contributed by atoms with E-state index in [9.17, 15) is 13.6 Å². The van der Waals surface area contributed by atoms with E-state index < -0.39 is 6.03 Å². The second kappa shape index (κ2) is 8.72. The molecule has 0 saturated heterocycles. The lowest BCUT2D eigenvalue weighted by atomic mass is 10.2. The SMILES string of the molecule is O=C(Nc1ccc(F)cc1)Nc1nnc(CSCc2ccc(F)cc2)s1. The van der Waals surface area contributed by atoms with Gasteiger partial charge in [-0.1, -0.05) is 23.5 Å². The second-order valence-electron chi connectivity index (χ2n) is 5.21. The van der Waals surface area contributed by atoms with Crippen LogP contribution in [0.25, 0.3) is 0 Å². The van der Waals surface area contributed by atoms with Crippen molar-refractivity contribution >= 4 is 39.9 Å². The van der Waals surface area contributed by atoms with E-state index in [1.165, 1.54) is 47.7 Å². The molecule has 3 aromatic rings. The molecule has 5 nitrogen and oxygen atoms in total. The smallest absolute Gasteiger partial charge is 0.308 e. The first-order chi connectivity index (χ1) is 12.6. The fraction of sp³-hybridized carbons (Fsp3) is 0.118. The molecule has 2 N–H and O–H groups in total. The third-order valence-electron chi connectivity index (χ3n) is 3.20. The molecular formula is C17H14F2N4OS2. The maximum absolute atomic E-state index is 12.9. The van der Waals surface area contributed by atoms with Gasteiger partial charge in [-0.25, -0.2) is 13.6 Å². The summed E-state index contributed by atoms with van der Waals surface area (Å²) in [7, 11) is 0. The van der Waals surface area contributed by atoms with E-state index in [4.69, 9.17) is 0 Å². The quantitative estimate of drug-likeness (QED) is 0.627. The number of benzene rings is 2. The first kappa shape index (κ1) is 18.3. The lowest BCUT2D eigenvalue weighted by Gasteiger charge is -2.04. The number of hydrogen-bond donors (Lipinski definition) is 2. The molecule has 0 unspecified atom stereocenters. The summed E-state index contributed by atoms with van der Waals surface area (Å²) in [5.41, 5.74) is 1.50. The zero-order valence-corrected chi connectivity index (χ0v) is 15.0. The lowest BCUT2D eigenvalue weighted by molar-refractivity contribution is 0.262. The van der Waals surface area contributed by atoms with Gasteiger partial charge in [0.25, 0.3) is 0 Å². The van der Waals surface area contributed by atoms with Gasteiger partial charge in [-0.2, -0.15) is 0 Å². The maximum atomic E-state index is 12.9. The van der Waals surface area contributed by atoms with Crippen molar-refractivity contribution in [2.45, 2.75) is 11.5 Å². The molecule has 2 aromatic carbocycles. The molecule has 1 heterocycles. The molecule has 1 aromatic heterocycles. The molecule has 0 atom stereocenters. The van der Waals surface area contributed by atoms with E-state index in [-0.39, 0.29) is 11.6 Å². The number of anilines is 2. The number of carbonyl (C=O) groups excluding carboxylic acids is 1. The summed E-state index contributed by atoms with van der Waals surface area (Å²) in [6.45, 7) is 0. The summed E-state index contributed by atoms with van der Waals surface area (Å²) in [6, 6.07) is 11.3. The Morgan fingerprint density at radius 1 is 0.923 bits per heavy atom. The standard InChI is InChI=1S/C17H14F2N4OS2/c18-12-3-1-11(2-4-12)9-25-10-15-22-23-17(26-15)21-16(24)20-14-7-5-13(19)6-8-14/h1-8H,9-10H2,(H2,20,21,23,24). The van der Waals surface area contributed by atoms with E-state index in [0.717, 1.165) is 16.3 Å². The number of urea groups is 1. The Morgan fingerprint density at radius 3 is 2.27 bits per heavy atom. The highest BCUT2D eigenvalue weighted by atomic mass is 32.2. The zero-order chi connectivity index (χ0) is 18.4. The molecule has 134 valence electrons. The molecule has 3 rings (SSSR count). The number of nitrogens with zero attached hydrogens (tertiary/aromatic N) is 2. The van der Waals surface area contributed by atoms with Gasteiger partial charge in [-0.3, -0.25) is 5.32 Å². The van der Waals surface area contributed by atoms with Gasteiger partial charge in [-0.15, -0.1) is 22.0 Å². The van der Waals surface area contributed by atoms with Gasteiger partial charge in [0.2, 0.25) is 5.13 Å². The number of rotatable bonds is 6. The van der Waals surface area contributed by atoms with Crippen LogP contribution < -0.4 is 10.6 Å². The highest BCUT2D eigenvalue weighted by molar-refractivity contribution is 7.97. The monoisotopic (exact) mass is 392 g/mol. The first-order valence-corrected chi connectivity index (χ1v) is 9.54. The molecule has 0 saturated carbocycles. The zero-order valence-electron chi connectivity index (χ0n) is 13.4. The highest BCUT2D eigenvalue weighted by Gasteiger charge is 2.09. The summed E-state index contributed by atoms with van der Waals surface area (Å²) in [6.07, 6.45) is 0. The molecule has 26 heavy (non-hydrogen) atoms. The average Bonchev–Trinajstić information content (AvgIpc) is 3.06. The molecule has 0 spiro atoms. The van der Waals surface area contributed by atoms with Crippen molar-refractivity contribution in [1.29, 1.82) is 0 Å².